The van der Waals surface area contributed by atoms with Crippen LogP contribution in [-0.2, 0) is 41.6 Å². The summed E-state index contributed by atoms with van der Waals surface area (Å²) in [6.07, 6.45) is 6.00. The number of carbonyl (C=O) groups is 3. The highest BCUT2D eigenvalue weighted by Gasteiger charge is 2.38. The molecular weight excluding hydrogens is 929 g/mol. The van der Waals surface area contributed by atoms with E-state index in [9.17, 15) is 29.7 Å². The zero-order valence-electron chi connectivity index (χ0n) is 41.8. The van der Waals surface area contributed by atoms with E-state index in [1.165, 1.54) is 0 Å². The number of benzene rings is 1. The number of allylic oxidation sites excluding steroid dienone is 1. The quantitative estimate of drug-likeness (QED) is 0.0290. The molecule has 2 aliphatic heterocycles. The van der Waals surface area contributed by atoms with Crippen LogP contribution in [0.5, 0.6) is 0 Å². The van der Waals surface area contributed by atoms with Gasteiger partial charge in [0.2, 0.25) is 5.91 Å². The summed E-state index contributed by atoms with van der Waals surface area (Å²) in [4.78, 5) is 47.7. The molecule has 392 valence electrons. The van der Waals surface area contributed by atoms with Crippen molar-refractivity contribution in [2.45, 2.75) is 95.1 Å². The molecule has 22 nitrogen and oxygen atoms in total. The summed E-state index contributed by atoms with van der Waals surface area (Å²) in [5.41, 5.74) is 12.5. The van der Waals surface area contributed by atoms with E-state index in [0.29, 0.717) is 86.0 Å². The number of hydrogen-bond acceptors (Lipinski definition) is 16. The number of ether oxygens (including phenoxy) is 4. The number of amides is 3. The molecule has 22 heteroatoms. The molecular formula is C50H72N12O10. The van der Waals surface area contributed by atoms with Gasteiger partial charge in [0.15, 0.2) is 12.3 Å². The minimum atomic E-state index is -1.26. The van der Waals surface area contributed by atoms with Gasteiger partial charge in [-0.15, -0.1) is 10.8 Å². The van der Waals surface area contributed by atoms with Crippen LogP contribution in [-0.4, -0.2) is 179 Å². The maximum atomic E-state index is 13.7. The first-order chi connectivity index (χ1) is 34.7. The number of pyridine rings is 2. The van der Waals surface area contributed by atoms with E-state index in [1.807, 2.05) is 81.7 Å². The third kappa shape index (κ3) is 18.0. The summed E-state index contributed by atoms with van der Waals surface area (Å²) in [6.45, 7) is 5.30. The number of rotatable bonds is 30. The smallest absolute Gasteiger partial charge is 0.278 e. The minimum absolute atomic E-state index is 0.0781. The fraction of sp³-hybridized carbons (Fsp3) is 0.540. The van der Waals surface area contributed by atoms with Crippen molar-refractivity contribution in [2.75, 3.05) is 80.4 Å². The molecule has 3 aromatic heterocycles. The van der Waals surface area contributed by atoms with Crippen LogP contribution >= 0.6 is 0 Å². The Hall–Kier alpha value is -5.95. The summed E-state index contributed by atoms with van der Waals surface area (Å²) in [5, 5.41) is 49.3. The Morgan fingerprint density at radius 1 is 0.944 bits per heavy atom. The molecule has 3 amide bonds. The lowest BCUT2D eigenvalue weighted by molar-refractivity contribution is -0.886. The first-order valence-electron chi connectivity index (χ1n) is 24.6. The maximum Gasteiger partial charge on any atom is 0.278 e. The predicted octanol–water partition coefficient (Wildman–Crippen LogP) is 1.84. The van der Waals surface area contributed by atoms with Crippen molar-refractivity contribution in [3.05, 3.63) is 113 Å². The van der Waals surface area contributed by atoms with Gasteiger partial charge in [0.25, 0.3) is 11.8 Å². The highest BCUT2D eigenvalue weighted by molar-refractivity contribution is 5.94. The van der Waals surface area contributed by atoms with Crippen molar-refractivity contribution in [2.24, 2.45) is 0 Å². The Morgan fingerprint density at radius 3 is 2.47 bits per heavy atom. The van der Waals surface area contributed by atoms with Crippen LogP contribution in [0.1, 0.15) is 71.6 Å². The number of unbranched alkanes of at least 4 members (excludes halogenated alkanes) is 1. The van der Waals surface area contributed by atoms with E-state index in [1.54, 1.807) is 35.4 Å². The van der Waals surface area contributed by atoms with Crippen molar-refractivity contribution >= 4 is 17.7 Å². The molecule has 1 saturated heterocycles. The van der Waals surface area contributed by atoms with E-state index in [2.05, 4.69) is 47.2 Å². The number of hydrogen-bond donors (Lipinski definition) is 7. The van der Waals surface area contributed by atoms with Gasteiger partial charge in [0.1, 0.15) is 11.8 Å². The van der Waals surface area contributed by atoms with E-state index in [4.69, 9.17) is 18.9 Å². The average molecular weight is 1000 g/mol. The van der Waals surface area contributed by atoms with Crippen LogP contribution in [0.4, 0.5) is 0 Å². The summed E-state index contributed by atoms with van der Waals surface area (Å²) < 4.78 is 25.0. The molecule has 1 unspecified atom stereocenters. The molecule has 0 aliphatic carbocycles. The molecule has 6 rings (SSSR count). The lowest BCUT2D eigenvalue weighted by Gasteiger charge is -2.37. The number of aliphatic hydroxyl groups is 3. The van der Waals surface area contributed by atoms with Crippen molar-refractivity contribution in [1.29, 1.82) is 0 Å². The van der Waals surface area contributed by atoms with E-state index < -0.39 is 24.6 Å². The van der Waals surface area contributed by atoms with Crippen LogP contribution in [0, 0.1) is 6.92 Å². The fourth-order valence-corrected chi connectivity index (χ4v) is 8.08. The summed E-state index contributed by atoms with van der Waals surface area (Å²) in [6, 6.07) is 16.5. The highest BCUT2D eigenvalue weighted by Crippen LogP contribution is 2.25. The summed E-state index contributed by atoms with van der Waals surface area (Å²) >= 11 is 0. The van der Waals surface area contributed by atoms with Gasteiger partial charge in [-0.25, -0.2) is 4.68 Å². The predicted molar refractivity (Wildman–Crippen MR) is 265 cm³/mol. The minimum Gasteiger partial charge on any atom is -0.606 e. The molecule has 0 saturated carbocycles. The van der Waals surface area contributed by atoms with Gasteiger partial charge in [-0.2, -0.15) is 0 Å². The molecule has 7 N–H and O–H groups in total. The van der Waals surface area contributed by atoms with Gasteiger partial charge in [0, 0.05) is 62.8 Å². The zero-order valence-corrected chi connectivity index (χ0v) is 41.8. The second-order valence-corrected chi connectivity index (χ2v) is 18.8. The van der Waals surface area contributed by atoms with Crippen LogP contribution < -0.4 is 21.5 Å². The van der Waals surface area contributed by atoms with Gasteiger partial charge in [-0.3, -0.25) is 24.4 Å². The van der Waals surface area contributed by atoms with Crippen molar-refractivity contribution < 1.29 is 53.1 Å². The molecule has 0 spiro atoms. The molecule has 0 bridgehead atoms. The number of hydrazine groups is 1. The standard InChI is InChI=1S/C50H72N12O10/c1-35-15-17-51-42(26-35)43-27-37(16-18-52-43)48(67)55-30-40-32-61(59-57-40)21-23-70-25-24-69-22-19-53-46(65)14-13-39-31-60(58-56-39)20-9-8-12-44(62(2,3)4)49(68)54-29-38(36-10-6-5-7-11-36)34-71-50-47(66)45(64)28-41(33-63)72-50/h5-7,10-11,15-18,26-27,31-32,38,41,44-45,47,50,58,63-64,66H,8-9,12-14,19-25,28-30,33-34H2,1-4H3,(H,53,65)(H,54,68)(H,55,67)/t38?,41-,44-,45-,47+,50+/m0/s1. The Morgan fingerprint density at radius 2 is 1.71 bits per heavy atom. The lowest BCUT2D eigenvalue weighted by Crippen LogP contribution is -2.54. The second kappa shape index (κ2) is 28.3. The first kappa shape index (κ1) is 55.4. The van der Waals surface area contributed by atoms with Crippen LogP contribution in [0.3, 0.4) is 0 Å². The largest absolute Gasteiger partial charge is 0.606 e. The number of aromatic nitrogens is 5. The number of carbonyl (C=O) groups excluding carboxylic acids is 3. The molecule has 5 heterocycles. The number of nitrogens with one attached hydrogen (secondary N) is 4. The van der Waals surface area contributed by atoms with Crippen LogP contribution in [0.2, 0.25) is 0 Å². The SMILES string of the molecule is Cc1ccnc(-c2cc(C(=O)NCc3cn(CCOCCOCCNC(=O)CCC4=CN(CCCC[C@@H](C(=O)NCC(CO[C@@H]5O[C@H](CO)C[C@H](O)[C@H]5O)c5ccccc5)[N+](C)(C)C)N[N-]4)nn3)ccn2)c1. The Bertz CT molecular complexity index is 2330. The fourth-order valence-electron chi connectivity index (χ4n) is 8.08. The van der Waals surface area contributed by atoms with Crippen LogP contribution in [0.25, 0.3) is 16.8 Å². The van der Waals surface area contributed by atoms with Crippen molar-refractivity contribution in [3.8, 4) is 11.4 Å². The molecule has 1 aromatic carbocycles. The number of nitrogens with zero attached hydrogens (tertiary/aromatic N) is 8. The van der Waals surface area contributed by atoms with Crippen molar-refractivity contribution in [3.63, 3.8) is 0 Å². The van der Waals surface area contributed by atoms with E-state index in [0.717, 1.165) is 29.7 Å². The summed E-state index contributed by atoms with van der Waals surface area (Å²) in [7, 11) is 6.00. The Balaban J connectivity index is 0.788. The number of quaternary nitrogens is 1. The molecule has 6 atom stereocenters. The third-order valence-corrected chi connectivity index (χ3v) is 12.2. The molecule has 1 fully saturated rings. The summed E-state index contributed by atoms with van der Waals surface area (Å²) in [5.74, 6) is -0.691. The zero-order chi connectivity index (χ0) is 51.3. The topological polar surface area (TPSA) is 271 Å². The maximum absolute atomic E-state index is 13.7. The molecule has 72 heavy (non-hydrogen) atoms. The normalized spacial score (nSPS) is 18.8. The number of aryl methyl sites for hydroxylation is 1. The van der Waals surface area contributed by atoms with Crippen molar-refractivity contribution in [1.82, 2.24) is 51.5 Å². The molecule has 2 aliphatic rings. The Labute approximate surface area is 421 Å². The van der Waals surface area contributed by atoms with Crippen LogP contribution in [0.15, 0.2) is 85.1 Å². The highest BCUT2D eigenvalue weighted by atomic mass is 16.7. The van der Waals surface area contributed by atoms with Gasteiger partial charge in [0.05, 0.1) is 104 Å². The van der Waals surface area contributed by atoms with Gasteiger partial charge in [-0.05, 0) is 67.8 Å². The van der Waals surface area contributed by atoms with E-state index in [-0.39, 0.29) is 68.8 Å². The first-order valence-corrected chi connectivity index (χ1v) is 24.6. The average Bonchev–Trinajstić information content (AvgIpc) is 4.04. The lowest BCUT2D eigenvalue weighted by atomic mass is 9.99. The molecule has 4 aromatic rings. The van der Waals surface area contributed by atoms with Gasteiger partial charge in [-0.1, -0.05) is 35.5 Å². The monoisotopic (exact) mass is 1000 g/mol. The second-order valence-electron chi connectivity index (χ2n) is 18.8. The van der Waals surface area contributed by atoms with Gasteiger partial charge < -0.3 is 70.7 Å². The number of aliphatic hydroxyl groups excluding tert-OH is 3. The van der Waals surface area contributed by atoms with Gasteiger partial charge >= 0.3 is 0 Å². The molecule has 0 radical (unpaired) electrons. The van der Waals surface area contributed by atoms with E-state index >= 15 is 0 Å². The Kier molecular flexibility index (Phi) is 21.8. The third-order valence-electron chi connectivity index (χ3n) is 12.2. The number of likely N-dealkylation sites (N-methyl/N-ethyl adjacent to an activating group) is 1.